The van der Waals surface area contributed by atoms with Crippen LogP contribution in [0.25, 0.3) is 12.2 Å². The standard InChI is InChI=1S/C31H28N6O3S/c1-23-21-27(36(19-5-17-32)20-6-18-33)11-10-25(23)22-29-31(38)37(26-12-14-28(15-13-26)41(34,39)40)30(35-29)16-9-24-7-3-2-4-8-24/h2-4,7-16,21-22H,5-6,19-20H2,1H3,(H2,34,39,40)/b16-9+,29-22+. The summed E-state index contributed by atoms with van der Waals surface area (Å²) in [5.74, 6) is 0.0103. The van der Waals surface area contributed by atoms with Gasteiger partial charge in [-0.15, -0.1) is 0 Å². The fourth-order valence-corrected chi connectivity index (χ4v) is 4.84. The molecule has 0 bridgehead atoms. The van der Waals surface area contributed by atoms with E-state index in [2.05, 4.69) is 17.1 Å². The van der Waals surface area contributed by atoms with Crippen LogP contribution in [0, 0.1) is 29.6 Å². The third-order valence-electron chi connectivity index (χ3n) is 6.43. The molecule has 1 amide bonds. The number of rotatable bonds is 10. The zero-order valence-electron chi connectivity index (χ0n) is 22.4. The van der Waals surface area contributed by atoms with Gasteiger partial charge in [0.1, 0.15) is 11.5 Å². The normalized spacial score (nSPS) is 14.2. The molecule has 0 spiro atoms. The van der Waals surface area contributed by atoms with Gasteiger partial charge in [-0.3, -0.25) is 9.69 Å². The number of sulfonamides is 1. The number of aryl methyl sites for hydroxylation is 1. The first kappa shape index (κ1) is 29.0. The molecule has 9 nitrogen and oxygen atoms in total. The third kappa shape index (κ3) is 7.14. The number of aliphatic imine (C=N–C) groups is 1. The van der Waals surface area contributed by atoms with E-state index < -0.39 is 10.0 Å². The highest BCUT2D eigenvalue weighted by Crippen LogP contribution is 2.28. The number of hydrogen-bond acceptors (Lipinski definition) is 7. The van der Waals surface area contributed by atoms with E-state index in [-0.39, 0.29) is 16.5 Å². The number of primary sulfonamides is 1. The number of anilines is 2. The Kier molecular flexibility index (Phi) is 9.10. The predicted octanol–water partition coefficient (Wildman–Crippen LogP) is 4.78. The number of amidine groups is 1. The summed E-state index contributed by atoms with van der Waals surface area (Å²) in [6, 6.07) is 25.4. The Bertz CT molecular complexity index is 1700. The molecule has 10 heteroatoms. The molecule has 41 heavy (non-hydrogen) atoms. The van der Waals surface area contributed by atoms with E-state index in [1.165, 1.54) is 29.2 Å². The van der Waals surface area contributed by atoms with Gasteiger partial charge in [-0.25, -0.2) is 18.5 Å². The fourth-order valence-electron chi connectivity index (χ4n) is 4.32. The molecule has 0 atom stereocenters. The van der Waals surface area contributed by atoms with Gasteiger partial charge < -0.3 is 4.90 Å². The SMILES string of the molecule is Cc1cc(N(CCC#N)CCC#N)ccc1/C=C1N=C(/C=C/c2ccccc2)N(c2ccc(S(N)(=O)=O)cc2)C/1=O. The number of nitrogens with zero attached hydrogens (tertiary/aromatic N) is 5. The summed E-state index contributed by atoms with van der Waals surface area (Å²) < 4.78 is 23.5. The number of nitriles is 2. The Labute approximate surface area is 239 Å². The van der Waals surface area contributed by atoms with E-state index in [0.717, 1.165) is 22.4 Å². The van der Waals surface area contributed by atoms with Crippen molar-refractivity contribution in [2.24, 2.45) is 10.1 Å². The largest absolute Gasteiger partial charge is 0.369 e. The molecule has 2 N–H and O–H groups in total. The van der Waals surface area contributed by atoms with Crippen LogP contribution in [-0.2, 0) is 14.8 Å². The maximum Gasteiger partial charge on any atom is 0.282 e. The molecule has 1 heterocycles. The number of carbonyl (C=O) groups is 1. The molecule has 3 aromatic carbocycles. The highest BCUT2D eigenvalue weighted by Gasteiger charge is 2.30. The lowest BCUT2D eigenvalue weighted by Crippen LogP contribution is -2.30. The topological polar surface area (TPSA) is 144 Å². The molecule has 0 saturated heterocycles. The molecular weight excluding hydrogens is 536 g/mol. The van der Waals surface area contributed by atoms with E-state index in [1.807, 2.05) is 66.4 Å². The Morgan fingerprint density at radius 2 is 1.61 bits per heavy atom. The van der Waals surface area contributed by atoms with Crippen LogP contribution in [-0.4, -0.2) is 33.3 Å². The van der Waals surface area contributed by atoms with Gasteiger partial charge >= 0.3 is 0 Å². The smallest absolute Gasteiger partial charge is 0.282 e. The summed E-state index contributed by atoms with van der Waals surface area (Å²) in [5, 5.41) is 23.3. The number of carbonyl (C=O) groups excluding carboxylic acids is 1. The van der Waals surface area contributed by atoms with Gasteiger partial charge in [0.25, 0.3) is 5.91 Å². The molecule has 4 rings (SSSR count). The van der Waals surface area contributed by atoms with E-state index in [0.29, 0.717) is 37.5 Å². The summed E-state index contributed by atoms with van der Waals surface area (Å²) in [6.07, 6.45) is 5.97. The van der Waals surface area contributed by atoms with Gasteiger partial charge in [0, 0.05) is 18.8 Å². The first-order valence-corrected chi connectivity index (χ1v) is 14.4. The van der Waals surface area contributed by atoms with Gasteiger partial charge in [0.15, 0.2) is 0 Å². The van der Waals surface area contributed by atoms with Crippen LogP contribution in [0.4, 0.5) is 11.4 Å². The van der Waals surface area contributed by atoms with Gasteiger partial charge in [-0.05, 0) is 72.2 Å². The van der Waals surface area contributed by atoms with Crippen LogP contribution in [0.5, 0.6) is 0 Å². The molecule has 206 valence electrons. The van der Waals surface area contributed by atoms with Crippen molar-refractivity contribution in [1.29, 1.82) is 10.5 Å². The van der Waals surface area contributed by atoms with Crippen LogP contribution in [0.1, 0.15) is 29.5 Å². The van der Waals surface area contributed by atoms with Gasteiger partial charge in [0.2, 0.25) is 10.0 Å². The first-order chi connectivity index (χ1) is 19.7. The third-order valence-corrected chi connectivity index (χ3v) is 7.36. The Morgan fingerprint density at radius 3 is 2.20 bits per heavy atom. The number of hydrogen-bond donors (Lipinski definition) is 1. The monoisotopic (exact) mass is 564 g/mol. The van der Waals surface area contributed by atoms with Crippen LogP contribution in [0.3, 0.4) is 0 Å². The Hall–Kier alpha value is -5.03. The Morgan fingerprint density at radius 1 is 0.951 bits per heavy atom. The molecule has 1 aliphatic rings. The minimum Gasteiger partial charge on any atom is -0.369 e. The van der Waals surface area contributed by atoms with Crippen LogP contribution in [0.15, 0.2) is 94.5 Å². The number of benzene rings is 3. The molecular formula is C31H28N6O3S. The molecule has 0 fully saturated rings. The Balaban J connectivity index is 1.70. The molecule has 1 aliphatic heterocycles. The quantitative estimate of drug-likeness (QED) is 0.351. The average Bonchev–Trinajstić information content (AvgIpc) is 3.27. The zero-order valence-corrected chi connectivity index (χ0v) is 23.3. The number of nitrogens with two attached hydrogens (primary N) is 1. The number of amides is 1. The van der Waals surface area contributed by atoms with Crippen molar-refractivity contribution < 1.29 is 13.2 Å². The predicted molar refractivity (Wildman–Crippen MR) is 160 cm³/mol. The van der Waals surface area contributed by atoms with Crippen molar-refractivity contribution in [3.05, 3.63) is 101 Å². The van der Waals surface area contributed by atoms with Crippen molar-refractivity contribution in [1.82, 2.24) is 0 Å². The minimum absolute atomic E-state index is 0.0590. The maximum absolute atomic E-state index is 13.6. The zero-order chi connectivity index (χ0) is 29.4. The van der Waals surface area contributed by atoms with Crippen molar-refractivity contribution in [2.45, 2.75) is 24.7 Å². The minimum atomic E-state index is -3.89. The first-order valence-electron chi connectivity index (χ1n) is 12.8. The maximum atomic E-state index is 13.6. The molecule has 0 aromatic heterocycles. The van der Waals surface area contributed by atoms with Crippen LogP contribution < -0.4 is 14.9 Å². The molecule has 0 unspecified atom stereocenters. The molecule has 3 aromatic rings. The summed E-state index contributed by atoms with van der Waals surface area (Å²) in [7, 11) is -3.89. The van der Waals surface area contributed by atoms with E-state index in [9.17, 15) is 13.2 Å². The molecule has 0 saturated carbocycles. The van der Waals surface area contributed by atoms with E-state index in [4.69, 9.17) is 15.7 Å². The summed E-state index contributed by atoms with van der Waals surface area (Å²) in [4.78, 5) is 21.6. The van der Waals surface area contributed by atoms with Crippen molar-refractivity contribution in [3.63, 3.8) is 0 Å². The van der Waals surface area contributed by atoms with Gasteiger partial charge in [-0.2, -0.15) is 10.5 Å². The second-order valence-electron chi connectivity index (χ2n) is 9.27. The van der Waals surface area contributed by atoms with Crippen molar-refractivity contribution in [2.75, 3.05) is 22.9 Å². The molecule has 0 radical (unpaired) electrons. The summed E-state index contributed by atoms with van der Waals surface area (Å²) in [6.45, 7) is 2.94. The highest BCUT2D eigenvalue weighted by molar-refractivity contribution is 7.89. The summed E-state index contributed by atoms with van der Waals surface area (Å²) >= 11 is 0. The van der Waals surface area contributed by atoms with Crippen molar-refractivity contribution in [3.8, 4) is 12.1 Å². The lowest BCUT2D eigenvalue weighted by atomic mass is 10.1. The van der Waals surface area contributed by atoms with E-state index >= 15 is 0 Å². The highest BCUT2D eigenvalue weighted by atomic mass is 32.2. The van der Waals surface area contributed by atoms with Gasteiger partial charge in [0.05, 0.1) is 35.6 Å². The average molecular weight is 565 g/mol. The van der Waals surface area contributed by atoms with Crippen LogP contribution >= 0.6 is 0 Å². The van der Waals surface area contributed by atoms with Crippen molar-refractivity contribution >= 4 is 45.3 Å². The van der Waals surface area contributed by atoms with Crippen LogP contribution in [0.2, 0.25) is 0 Å². The molecule has 0 aliphatic carbocycles. The summed E-state index contributed by atoms with van der Waals surface area (Å²) in [5.41, 5.74) is 4.16. The second-order valence-corrected chi connectivity index (χ2v) is 10.8. The second kappa shape index (κ2) is 12.9. The fraction of sp³-hybridized carbons (Fsp3) is 0.161. The van der Waals surface area contributed by atoms with Gasteiger partial charge in [-0.1, -0.05) is 42.5 Å². The van der Waals surface area contributed by atoms with E-state index in [1.54, 1.807) is 12.2 Å². The lowest BCUT2D eigenvalue weighted by molar-refractivity contribution is -0.113. The lowest BCUT2D eigenvalue weighted by Gasteiger charge is -2.23.